The molecule has 0 unspecified atom stereocenters. The zero-order valence-electron chi connectivity index (χ0n) is 9.88. The molecule has 1 aromatic carbocycles. The van der Waals surface area contributed by atoms with Crippen molar-refractivity contribution in [1.29, 1.82) is 0 Å². The molecule has 17 heavy (non-hydrogen) atoms. The summed E-state index contributed by atoms with van der Waals surface area (Å²) in [7, 11) is 2.64. The molecule has 1 aromatic rings. The van der Waals surface area contributed by atoms with E-state index < -0.39 is 5.97 Å². The number of hydrogen-bond donors (Lipinski definition) is 0. The number of nitrogens with zero attached hydrogens (tertiary/aromatic N) is 1. The molecule has 0 amide bonds. The standard InChI is InChI=1S/C12H15NO4/c1-15-12(14)11(13-16-2)9-17-8-10-6-4-3-5-7-10/h3-7H,8-9H2,1-2H3/b13-11+. The van der Waals surface area contributed by atoms with E-state index in [0.29, 0.717) is 6.61 Å². The van der Waals surface area contributed by atoms with Gasteiger partial charge in [-0.15, -0.1) is 0 Å². The van der Waals surface area contributed by atoms with Gasteiger partial charge in [-0.05, 0) is 5.56 Å². The molecule has 0 atom stereocenters. The normalized spacial score (nSPS) is 11.1. The molecule has 5 nitrogen and oxygen atoms in total. The smallest absolute Gasteiger partial charge is 0.358 e. The van der Waals surface area contributed by atoms with E-state index in [-0.39, 0.29) is 12.3 Å². The van der Waals surface area contributed by atoms with Gasteiger partial charge >= 0.3 is 5.97 Å². The highest BCUT2D eigenvalue weighted by Gasteiger charge is 2.12. The third kappa shape index (κ3) is 4.65. The van der Waals surface area contributed by atoms with E-state index >= 15 is 0 Å². The second-order valence-corrected chi connectivity index (χ2v) is 3.19. The summed E-state index contributed by atoms with van der Waals surface area (Å²) in [6.07, 6.45) is 0. The van der Waals surface area contributed by atoms with Crippen LogP contribution in [0.4, 0.5) is 0 Å². The van der Waals surface area contributed by atoms with Gasteiger partial charge in [0, 0.05) is 0 Å². The average Bonchev–Trinajstić information content (AvgIpc) is 2.38. The number of rotatable bonds is 6. The van der Waals surface area contributed by atoms with E-state index in [9.17, 15) is 4.79 Å². The molecule has 1 rings (SSSR count). The molecule has 5 heteroatoms. The Labute approximate surface area is 100.0 Å². The van der Waals surface area contributed by atoms with Crippen LogP contribution in [0, 0.1) is 0 Å². The minimum Gasteiger partial charge on any atom is -0.464 e. The van der Waals surface area contributed by atoms with Gasteiger partial charge in [0.2, 0.25) is 0 Å². The van der Waals surface area contributed by atoms with Crippen LogP contribution in [0.1, 0.15) is 5.56 Å². The fraction of sp³-hybridized carbons (Fsp3) is 0.333. The second-order valence-electron chi connectivity index (χ2n) is 3.19. The molecule has 0 radical (unpaired) electrons. The number of hydrogen-bond acceptors (Lipinski definition) is 5. The summed E-state index contributed by atoms with van der Waals surface area (Å²) in [6, 6.07) is 9.64. The van der Waals surface area contributed by atoms with Crippen LogP contribution in [0.3, 0.4) is 0 Å². The minimum atomic E-state index is -0.556. The van der Waals surface area contributed by atoms with Gasteiger partial charge in [-0.3, -0.25) is 0 Å². The van der Waals surface area contributed by atoms with Crippen molar-refractivity contribution in [2.24, 2.45) is 5.16 Å². The minimum absolute atomic E-state index is 0.0510. The maximum Gasteiger partial charge on any atom is 0.358 e. The SMILES string of the molecule is CO/N=C(\COCc1ccccc1)C(=O)OC. The van der Waals surface area contributed by atoms with Crippen molar-refractivity contribution in [3.63, 3.8) is 0 Å². The molecule has 0 saturated heterocycles. The Morgan fingerprint density at radius 1 is 1.24 bits per heavy atom. The lowest BCUT2D eigenvalue weighted by molar-refractivity contribution is -0.133. The van der Waals surface area contributed by atoms with E-state index in [1.165, 1.54) is 14.2 Å². The maximum atomic E-state index is 11.2. The van der Waals surface area contributed by atoms with Crippen LogP contribution in [0.25, 0.3) is 0 Å². The molecule has 0 bridgehead atoms. The lowest BCUT2D eigenvalue weighted by atomic mass is 10.2. The summed E-state index contributed by atoms with van der Waals surface area (Å²) in [5.41, 5.74) is 1.13. The average molecular weight is 237 g/mol. The molecule has 0 aliphatic carbocycles. The molecule has 0 fully saturated rings. The van der Waals surface area contributed by atoms with E-state index in [1.807, 2.05) is 30.3 Å². The number of benzene rings is 1. The summed E-state index contributed by atoms with van der Waals surface area (Å²) >= 11 is 0. The van der Waals surface area contributed by atoms with Crippen molar-refractivity contribution in [2.45, 2.75) is 6.61 Å². The van der Waals surface area contributed by atoms with Crippen LogP contribution in [-0.2, 0) is 25.7 Å². The van der Waals surface area contributed by atoms with Crippen molar-refractivity contribution in [3.05, 3.63) is 35.9 Å². The van der Waals surface area contributed by atoms with Gasteiger partial charge in [-0.25, -0.2) is 4.79 Å². The first-order valence-electron chi connectivity index (χ1n) is 5.08. The zero-order valence-corrected chi connectivity index (χ0v) is 9.88. The summed E-state index contributed by atoms with van der Waals surface area (Å²) in [6.45, 7) is 0.454. The van der Waals surface area contributed by atoms with E-state index in [4.69, 9.17) is 4.74 Å². The Morgan fingerprint density at radius 3 is 2.53 bits per heavy atom. The van der Waals surface area contributed by atoms with E-state index in [1.54, 1.807) is 0 Å². The third-order valence-electron chi connectivity index (χ3n) is 1.97. The molecular weight excluding hydrogens is 222 g/mol. The quantitative estimate of drug-likeness (QED) is 0.426. The Hall–Kier alpha value is -1.88. The highest BCUT2D eigenvalue weighted by Crippen LogP contribution is 2.00. The van der Waals surface area contributed by atoms with Crippen LogP contribution in [0.5, 0.6) is 0 Å². The van der Waals surface area contributed by atoms with Gasteiger partial charge in [-0.1, -0.05) is 35.5 Å². The molecule has 0 N–H and O–H groups in total. The highest BCUT2D eigenvalue weighted by atomic mass is 16.6. The molecule has 0 aliphatic heterocycles. The topological polar surface area (TPSA) is 57.1 Å². The predicted molar refractivity (Wildman–Crippen MR) is 62.6 cm³/mol. The Kier molecular flexibility index (Phi) is 5.74. The van der Waals surface area contributed by atoms with Gasteiger partial charge in [0.15, 0.2) is 5.71 Å². The summed E-state index contributed by atoms with van der Waals surface area (Å²) in [5, 5.41) is 3.54. The van der Waals surface area contributed by atoms with Crippen molar-refractivity contribution in [1.82, 2.24) is 0 Å². The van der Waals surface area contributed by atoms with Gasteiger partial charge < -0.3 is 14.3 Å². The Balaban J connectivity index is 2.43. The first-order valence-corrected chi connectivity index (χ1v) is 5.08. The number of carbonyl (C=O) groups is 1. The summed E-state index contributed by atoms with van der Waals surface area (Å²) in [4.78, 5) is 15.8. The first kappa shape index (κ1) is 13.2. The molecule has 0 heterocycles. The predicted octanol–water partition coefficient (Wildman–Crippen LogP) is 1.38. The number of oxime groups is 1. The highest BCUT2D eigenvalue weighted by molar-refractivity contribution is 6.36. The van der Waals surface area contributed by atoms with Crippen molar-refractivity contribution in [3.8, 4) is 0 Å². The number of ether oxygens (including phenoxy) is 2. The van der Waals surface area contributed by atoms with Crippen molar-refractivity contribution >= 4 is 11.7 Å². The largest absolute Gasteiger partial charge is 0.464 e. The fourth-order valence-electron chi connectivity index (χ4n) is 1.19. The van der Waals surface area contributed by atoms with Crippen LogP contribution in [0.15, 0.2) is 35.5 Å². The zero-order chi connectivity index (χ0) is 12.5. The number of esters is 1. The fourth-order valence-corrected chi connectivity index (χ4v) is 1.19. The van der Waals surface area contributed by atoms with Gasteiger partial charge in [-0.2, -0.15) is 0 Å². The molecule has 0 aliphatic rings. The van der Waals surface area contributed by atoms with Crippen LogP contribution in [-0.4, -0.2) is 32.5 Å². The monoisotopic (exact) mass is 237 g/mol. The lowest BCUT2D eigenvalue weighted by Gasteiger charge is -2.05. The Bertz CT molecular complexity index is 375. The van der Waals surface area contributed by atoms with E-state index in [0.717, 1.165) is 5.56 Å². The van der Waals surface area contributed by atoms with Crippen molar-refractivity contribution in [2.75, 3.05) is 20.8 Å². The maximum absolute atomic E-state index is 11.2. The number of carbonyl (C=O) groups excluding carboxylic acids is 1. The number of methoxy groups -OCH3 is 1. The van der Waals surface area contributed by atoms with Gasteiger partial charge in [0.25, 0.3) is 0 Å². The summed E-state index contributed by atoms with van der Waals surface area (Å²) in [5.74, 6) is -0.556. The molecule has 92 valence electrons. The summed E-state index contributed by atoms with van der Waals surface area (Å²) < 4.78 is 9.88. The molecule has 0 saturated carbocycles. The Morgan fingerprint density at radius 2 is 1.94 bits per heavy atom. The van der Waals surface area contributed by atoms with Gasteiger partial charge in [0.1, 0.15) is 13.7 Å². The third-order valence-corrected chi connectivity index (χ3v) is 1.97. The lowest BCUT2D eigenvalue weighted by Crippen LogP contribution is -2.21. The molecule has 0 spiro atoms. The van der Waals surface area contributed by atoms with Gasteiger partial charge in [0.05, 0.1) is 13.7 Å². The van der Waals surface area contributed by atoms with E-state index in [2.05, 4.69) is 14.7 Å². The van der Waals surface area contributed by atoms with Crippen molar-refractivity contribution < 1.29 is 19.1 Å². The first-order chi connectivity index (χ1) is 8.27. The van der Waals surface area contributed by atoms with Crippen LogP contribution >= 0.6 is 0 Å². The van der Waals surface area contributed by atoms with Crippen LogP contribution < -0.4 is 0 Å². The molecular formula is C12H15NO4. The second kappa shape index (κ2) is 7.40. The molecule has 0 aromatic heterocycles. The van der Waals surface area contributed by atoms with Crippen LogP contribution in [0.2, 0.25) is 0 Å².